The second-order valence-corrected chi connectivity index (χ2v) is 8.83. The molecule has 1 aromatic heterocycles. The van der Waals surface area contributed by atoms with Crippen LogP contribution in [0, 0.1) is 0 Å². The number of ether oxygens (including phenoxy) is 2. The number of benzene rings is 1. The van der Waals surface area contributed by atoms with Crippen molar-refractivity contribution in [3.8, 4) is 5.75 Å². The molecule has 0 bridgehead atoms. The van der Waals surface area contributed by atoms with Crippen LogP contribution in [-0.4, -0.2) is 55.3 Å². The zero-order valence-corrected chi connectivity index (χ0v) is 19.4. The number of carbonyl (C=O) groups excluding carboxylic acids is 1. The van der Waals surface area contributed by atoms with Crippen LogP contribution in [0.15, 0.2) is 52.1 Å². The van der Waals surface area contributed by atoms with E-state index in [9.17, 15) is 4.79 Å². The van der Waals surface area contributed by atoms with E-state index in [4.69, 9.17) is 18.9 Å². The van der Waals surface area contributed by atoms with Gasteiger partial charge in [-0.1, -0.05) is 12.1 Å². The van der Waals surface area contributed by atoms with Crippen LogP contribution in [-0.2, 0) is 17.7 Å². The lowest BCUT2D eigenvalue weighted by atomic mass is 10.2. The molecule has 1 atom stereocenters. The first-order chi connectivity index (χ1) is 15.3. The molecule has 1 amide bonds. The van der Waals surface area contributed by atoms with Gasteiger partial charge in [-0.2, -0.15) is 0 Å². The van der Waals surface area contributed by atoms with Crippen LogP contribution >= 0.6 is 0 Å². The number of nitrogens with one attached hydrogen (secondary N) is 2. The highest BCUT2D eigenvalue weighted by Gasteiger charge is 2.30. The third kappa shape index (κ3) is 7.51. The van der Waals surface area contributed by atoms with Gasteiger partial charge in [0.05, 0.1) is 19.9 Å². The number of hydrogen-bond acceptors (Lipinski definition) is 5. The van der Waals surface area contributed by atoms with Gasteiger partial charge in [0, 0.05) is 32.1 Å². The molecule has 2 heterocycles. The molecule has 2 aromatic rings. The Balaban J connectivity index is 1.58. The summed E-state index contributed by atoms with van der Waals surface area (Å²) in [5.41, 5.74) is 0.584. The Morgan fingerprint density at radius 1 is 1.25 bits per heavy atom. The Morgan fingerprint density at radius 2 is 2.03 bits per heavy atom. The molecule has 8 heteroatoms. The zero-order valence-electron chi connectivity index (χ0n) is 19.4. The molecule has 1 saturated heterocycles. The molecule has 1 fully saturated rings. The normalized spacial score (nSPS) is 16.7. The van der Waals surface area contributed by atoms with E-state index in [2.05, 4.69) is 10.6 Å². The Labute approximate surface area is 190 Å². The molecule has 1 aliphatic heterocycles. The average Bonchev–Trinajstić information content (AvgIpc) is 3.43. The molecular weight excluding hydrogens is 408 g/mol. The van der Waals surface area contributed by atoms with E-state index in [0.29, 0.717) is 32.1 Å². The van der Waals surface area contributed by atoms with Crippen molar-refractivity contribution < 1.29 is 18.7 Å². The van der Waals surface area contributed by atoms with Crippen molar-refractivity contribution in [2.75, 3.05) is 26.7 Å². The SMILES string of the molecule is COc1ccc(CN=C(NCCc2ccco2)NC2CCN(C(=O)OC(C)(C)C)C2)cc1. The molecule has 32 heavy (non-hydrogen) atoms. The van der Waals surface area contributed by atoms with Crippen LogP contribution in [0.1, 0.15) is 38.5 Å². The second kappa shape index (κ2) is 10.9. The smallest absolute Gasteiger partial charge is 0.410 e. The second-order valence-electron chi connectivity index (χ2n) is 8.83. The fraction of sp³-hybridized carbons (Fsp3) is 0.500. The summed E-state index contributed by atoms with van der Waals surface area (Å²) in [6.07, 6.45) is 2.99. The lowest BCUT2D eigenvalue weighted by Gasteiger charge is -2.24. The minimum absolute atomic E-state index is 0.105. The standard InChI is InChI=1S/C24H34N4O4/c1-24(2,3)32-23(29)28-14-12-19(17-28)27-22(25-13-11-21-6-5-15-31-21)26-16-18-7-9-20(30-4)10-8-18/h5-10,15,19H,11-14,16-17H2,1-4H3,(H2,25,26,27). The number of nitrogens with zero attached hydrogens (tertiary/aromatic N) is 2. The number of rotatable bonds is 7. The summed E-state index contributed by atoms with van der Waals surface area (Å²) in [5.74, 6) is 2.45. The van der Waals surface area contributed by atoms with Crippen LogP contribution < -0.4 is 15.4 Å². The lowest BCUT2D eigenvalue weighted by Crippen LogP contribution is -2.46. The van der Waals surface area contributed by atoms with Crippen molar-refractivity contribution in [1.82, 2.24) is 15.5 Å². The number of aliphatic imine (C=N–C) groups is 1. The van der Waals surface area contributed by atoms with Gasteiger partial charge in [-0.3, -0.25) is 0 Å². The third-order valence-corrected chi connectivity index (χ3v) is 5.00. The van der Waals surface area contributed by atoms with E-state index in [1.54, 1.807) is 18.3 Å². The van der Waals surface area contributed by atoms with E-state index in [1.165, 1.54) is 0 Å². The largest absolute Gasteiger partial charge is 0.497 e. The van der Waals surface area contributed by atoms with Gasteiger partial charge in [0.1, 0.15) is 17.1 Å². The molecule has 174 valence electrons. The summed E-state index contributed by atoms with van der Waals surface area (Å²) < 4.78 is 16.1. The Kier molecular flexibility index (Phi) is 8.03. The van der Waals surface area contributed by atoms with Crippen molar-refractivity contribution in [3.05, 3.63) is 54.0 Å². The molecule has 0 saturated carbocycles. The third-order valence-electron chi connectivity index (χ3n) is 5.00. The van der Waals surface area contributed by atoms with Crippen LogP contribution in [0.5, 0.6) is 5.75 Å². The molecule has 0 spiro atoms. The quantitative estimate of drug-likeness (QED) is 0.503. The van der Waals surface area contributed by atoms with Gasteiger partial charge in [0.25, 0.3) is 0 Å². The first kappa shape index (κ1) is 23.5. The highest BCUT2D eigenvalue weighted by molar-refractivity contribution is 5.80. The molecule has 2 N–H and O–H groups in total. The van der Waals surface area contributed by atoms with E-state index in [-0.39, 0.29) is 12.1 Å². The molecule has 1 aliphatic rings. The average molecular weight is 443 g/mol. The van der Waals surface area contributed by atoms with Crippen molar-refractivity contribution in [2.24, 2.45) is 4.99 Å². The van der Waals surface area contributed by atoms with Gasteiger partial charge in [-0.15, -0.1) is 0 Å². The minimum Gasteiger partial charge on any atom is -0.497 e. The summed E-state index contributed by atoms with van der Waals surface area (Å²) in [6.45, 7) is 8.09. The monoisotopic (exact) mass is 442 g/mol. The first-order valence-electron chi connectivity index (χ1n) is 11.0. The van der Waals surface area contributed by atoms with Crippen molar-refractivity contribution in [3.63, 3.8) is 0 Å². The first-order valence-corrected chi connectivity index (χ1v) is 11.0. The number of guanidine groups is 1. The highest BCUT2D eigenvalue weighted by atomic mass is 16.6. The maximum Gasteiger partial charge on any atom is 0.410 e. The maximum absolute atomic E-state index is 12.4. The molecule has 0 radical (unpaired) electrons. The Bertz CT molecular complexity index is 872. The van der Waals surface area contributed by atoms with Gasteiger partial charge < -0.3 is 29.4 Å². The zero-order chi connectivity index (χ0) is 23.0. The predicted molar refractivity (Wildman–Crippen MR) is 124 cm³/mol. The highest BCUT2D eigenvalue weighted by Crippen LogP contribution is 2.16. The number of carbonyl (C=O) groups is 1. The topological polar surface area (TPSA) is 88.3 Å². The Hall–Kier alpha value is -3.16. The fourth-order valence-corrected chi connectivity index (χ4v) is 3.38. The summed E-state index contributed by atoms with van der Waals surface area (Å²) in [5, 5.41) is 6.85. The number of hydrogen-bond donors (Lipinski definition) is 2. The van der Waals surface area contributed by atoms with Crippen molar-refractivity contribution >= 4 is 12.1 Å². The van der Waals surface area contributed by atoms with E-state index < -0.39 is 5.60 Å². The number of likely N-dealkylation sites (tertiary alicyclic amines) is 1. The summed E-state index contributed by atoms with van der Waals surface area (Å²) in [7, 11) is 1.65. The summed E-state index contributed by atoms with van der Waals surface area (Å²) in [4.78, 5) is 18.9. The van der Waals surface area contributed by atoms with Gasteiger partial charge in [0.2, 0.25) is 0 Å². The van der Waals surface area contributed by atoms with Crippen LogP contribution in [0.25, 0.3) is 0 Å². The Morgan fingerprint density at radius 3 is 2.69 bits per heavy atom. The van der Waals surface area contributed by atoms with Gasteiger partial charge in [0.15, 0.2) is 5.96 Å². The molecule has 8 nitrogen and oxygen atoms in total. The molecule has 0 aliphatic carbocycles. The number of methoxy groups -OCH3 is 1. The fourth-order valence-electron chi connectivity index (χ4n) is 3.38. The maximum atomic E-state index is 12.4. The molecule has 1 unspecified atom stereocenters. The van der Waals surface area contributed by atoms with Crippen molar-refractivity contribution in [1.29, 1.82) is 0 Å². The molecular formula is C24H34N4O4. The van der Waals surface area contributed by atoms with Crippen LogP contribution in [0.4, 0.5) is 4.79 Å². The molecule has 3 rings (SSSR count). The van der Waals surface area contributed by atoms with E-state index >= 15 is 0 Å². The number of furan rings is 1. The van der Waals surface area contributed by atoms with Crippen molar-refractivity contribution in [2.45, 2.75) is 51.8 Å². The summed E-state index contributed by atoms with van der Waals surface area (Å²) >= 11 is 0. The minimum atomic E-state index is -0.499. The van der Waals surface area contributed by atoms with E-state index in [1.807, 2.05) is 57.2 Å². The van der Waals surface area contributed by atoms with Gasteiger partial charge in [-0.25, -0.2) is 9.79 Å². The van der Waals surface area contributed by atoms with Gasteiger partial charge >= 0.3 is 6.09 Å². The van der Waals surface area contributed by atoms with Crippen LogP contribution in [0.3, 0.4) is 0 Å². The van der Waals surface area contributed by atoms with E-state index in [0.717, 1.165) is 29.9 Å². The summed E-state index contributed by atoms with van der Waals surface area (Å²) in [6, 6.07) is 11.8. The number of amides is 1. The van der Waals surface area contributed by atoms with Crippen LogP contribution in [0.2, 0.25) is 0 Å². The lowest BCUT2D eigenvalue weighted by molar-refractivity contribution is 0.0292. The predicted octanol–water partition coefficient (Wildman–Crippen LogP) is 3.58. The van der Waals surface area contributed by atoms with Gasteiger partial charge in [-0.05, 0) is 57.0 Å². The molecule has 1 aromatic carbocycles.